The molecular formula is C33H41ClN2O10. The number of phenols is 2. The molecule has 2 aliphatic carbocycles. The van der Waals surface area contributed by atoms with Gasteiger partial charge < -0.3 is 39.5 Å². The summed E-state index contributed by atoms with van der Waals surface area (Å²) in [7, 11) is 1.35. The van der Waals surface area contributed by atoms with Crippen LogP contribution in [-0.2, 0) is 20.7 Å². The molecule has 0 bridgehead atoms. The van der Waals surface area contributed by atoms with E-state index in [1.807, 2.05) is 25.7 Å². The number of rotatable bonds is 7. The van der Waals surface area contributed by atoms with Gasteiger partial charge in [-0.15, -0.1) is 12.4 Å². The number of aliphatic hydroxyl groups excluding tert-OH is 1. The van der Waals surface area contributed by atoms with E-state index in [0.717, 1.165) is 18.9 Å². The minimum atomic E-state index is -2.02. The lowest BCUT2D eigenvalue weighted by Gasteiger charge is -2.42. The predicted octanol–water partition coefficient (Wildman–Crippen LogP) is 3.25. The molecule has 0 saturated carbocycles. The summed E-state index contributed by atoms with van der Waals surface area (Å²) in [4.78, 5) is 47.0. The quantitative estimate of drug-likeness (QED) is 0.166. The monoisotopic (exact) mass is 660 g/mol. The molecule has 2 aromatic rings. The van der Waals surface area contributed by atoms with Crippen molar-refractivity contribution in [3.63, 3.8) is 0 Å². The van der Waals surface area contributed by atoms with Crippen molar-refractivity contribution in [1.29, 1.82) is 0 Å². The van der Waals surface area contributed by atoms with Gasteiger partial charge in [0.05, 0.1) is 47.9 Å². The Labute approximate surface area is 273 Å². The lowest BCUT2D eigenvalue weighted by atomic mass is 9.72. The highest BCUT2D eigenvalue weighted by molar-refractivity contribution is 6.31. The molecule has 46 heavy (non-hydrogen) atoms. The van der Waals surface area contributed by atoms with Crippen LogP contribution in [0.3, 0.4) is 0 Å². The Kier molecular flexibility index (Phi) is 10.2. The van der Waals surface area contributed by atoms with Crippen molar-refractivity contribution < 1.29 is 49.0 Å². The van der Waals surface area contributed by atoms with Crippen LogP contribution in [0.25, 0.3) is 0 Å². The summed E-state index contributed by atoms with van der Waals surface area (Å²) in [5, 5.41) is 45.5. The van der Waals surface area contributed by atoms with Gasteiger partial charge in [-0.25, -0.2) is 0 Å². The Morgan fingerprint density at radius 2 is 1.74 bits per heavy atom. The summed E-state index contributed by atoms with van der Waals surface area (Å²) in [6.07, 6.45) is -4.55. The zero-order chi connectivity index (χ0) is 33.0. The predicted molar refractivity (Wildman–Crippen MR) is 169 cm³/mol. The summed E-state index contributed by atoms with van der Waals surface area (Å²) < 4.78 is 17.6. The maximum atomic E-state index is 13.8. The minimum absolute atomic E-state index is 0. The van der Waals surface area contributed by atoms with Crippen LogP contribution in [0.15, 0.2) is 23.2 Å². The summed E-state index contributed by atoms with van der Waals surface area (Å²) in [5.74, 6) is -2.42. The van der Waals surface area contributed by atoms with Crippen LogP contribution in [0.5, 0.6) is 17.2 Å². The number of amidine groups is 1. The van der Waals surface area contributed by atoms with E-state index in [4.69, 9.17) is 19.2 Å². The minimum Gasteiger partial charge on any atom is -0.507 e. The number of phenolic OH excluding ortho intramolecular Hbond substituents is 2. The van der Waals surface area contributed by atoms with Gasteiger partial charge >= 0.3 is 0 Å². The summed E-state index contributed by atoms with van der Waals surface area (Å²) in [5.41, 5.74) is -3.03. The van der Waals surface area contributed by atoms with E-state index in [1.165, 1.54) is 32.2 Å². The Hall–Kier alpha value is -3.55. The number of hydrogen-bond donors (Lipinski definition) is 4. The van der Waals surface area contributed by atoms with Crippen LogP contribution >= 0.6 is 12.4 Å². The first-order chi connectivity index (χ1) is 21.3. The number of aliphatic hydroxyl groups is 2. The highest BCUT2D eigenvalue weighted by Crippen LogP contribution is 2.52. The molecule has 0 spiro atoms. The number of aliphatic imine (C=N–C) groups is 1. The molecule has 4 N–H and O–H groups in total. The average Bonchev–Trinajstić information content (AvgIpc) is 3.00. The Morgan fingerprint density at radius 1 is 1.09 bits per heavy atom. The molecule has 0 aromatic heterocycles. The third-order valence-corrected chi connectivity index (χ3v) is 9.30. The fourth-order valence-electron chi connectivity index (χ4n) is 6.73. The third-order valence-electron chi connectivity index (χ3n) is 9.30. The standard InChI is InChI=1S/C33H40N2O10.ClH/c1-7-35(8-2)17(5)34-20-12-23(44-15(3)28(20)37)45-22-14-33(42,16(4)36)13-19-25(22)32(41)27-26(30(19)39)29(38)18-10-9-11-21(43-6)24(18)31(27)40;/h9-11,15,20,22-23,28,37,39,41-42H,7-8,12-14H2,1-6H3;1H/t15?,20-,22+,23?,28?,33?;/m1./s1. The van der Waals surface area contributed by atoms with Gasteiger partial charge in [0.15, 0.2) is 17.9 Å². The number of fused-ring (bicyclic) bond motifs is 3. The maximum Gasteiger partial charge on any atom is 0.202 e. The molecule has 13 heteroatoms. The van der Waals surface area contributed by atoms with Gasteiger partial charge in [-0.2, -0.15) is 0 Å². The van der Waals surface area contributed by atoms with Crippen LogP contribution in [-0.4, -0.2) is 98.9 Å². The number of aromatic hydroxyl groups is 2. The van der Waals surface area contributed by atoms with E-state index in [0.29, 0.717) is 0 Å². The number of ether oxygens (including phenoxy) is 3. The van der Waals surface area contributed by atoms with Crippen LogP contribution in [0.2, 0.25) is 0 Å². The van der Waals surface area contributed by atoms with Gasteiger partial charge in [0.25, 0.3) is 0 Å². The van der Waals surface area contributed by atoms with Gasteiger partial charge in [-0.1, -0.05) is 12.1 Å². The molecule has 12 nitrogen and oxygen atoms in total. The summed E-state index contributed by atoms with van der Waals surface area (Å²) in [6.45, 7) is 10.2. The molecule has 6 atom stereocenters. The first-order valence-electron chi connectivity index (χ1n) is 15.2. The fourth-order valence-corrected chi connectivity index (χ4v) is 6.73. The highest BCUT2D eigenvalue weighted by atomic mass is 35.5. The van der Waals surface area contributed by atoms with E-state index >= 15 is 0 Å². The van der Waals surface area contributed by atoms with E-state index in [2.05, 4.69) is 0 Å². The lowest BCUT2D eigenvalue weighted by molar-refractivity contribution is -0.247. The van der Waals surface area contributed by atoms with Crippen LogP contribution in [0.4, 0.5) is 0 Å². The molecule has 2 aromatic carbocycles. The van der Waals surface area contributed by atoms with E-state index in [9.17, 15) is 34.8 Å². The van der Waals surface area contributed by atoms with Gasteiger partial charge in [0.2, 0.25) is 5.78 Å². The van der Waals surface area contributed by atoms with Crippen LogP contribution in [0.1, 0.15) is 96.5 Å². The average molecular weight is 661 g/mol. The van der Waals surface area contributed by atoms with Gasteiger partial charge in [-0.3, -0.25) is 19.4 Å². The normalized spacial score (nSPS) is 27.2. The van der Waals surface area contributed by atoms with E-state index < -0.39 is 82.6 Å². The van der Waals surface area contributed by atoms with Crippen molar-refractivity contribution in [2.24, 2.45) is 4.99 Å². The van der Waals surface area contributed by atoms with Crippen molar-refractivity contribution in [2.45, 2.75) is 90.1 Å². The zero-order valence-electron chi connectivity index (χ0n) is 26.7. The summed E-state index contributed by atoms with van der Waals surface area (Å²) in [6, 6.07) is 3.86. The number of Topliss-reactive ketones (excluding diaryl/α,β-unsaturated/α-hetero) is 1. The first kappa shape index (κ1) is 35.3. The molecule has 5 rings (SSSR count). The molecule has 1 saturated heterocycles. The third kappa shape index (κ3) is 5.77. The van der Waals surface area contributed by atoms with Crippen molar-refractivity contribution in [3.8, 4) is 17.2 Å². The largest absolute Gasteiger partial charge is 0.507 e. The number of nitrogens with zero attached hydrogens (tertiary/aromatic N) is 2. The first-order valence-corrected chi connectivity index (χ1v) is 15.2. The lowest BCUT2D eigenvalue weighted by Crippen LogP contribution is -2.49. The van der Waals surface area contributed by atoms with Crippen LogP contribution < -0.4 is 4.74 Å². The Bertz CT molecular complexity index is 1590. The maximum absolute atomic E-state index is 13.8. The number of methoxy groups -OCH3 is 1. The number of carbonyl (C=O) groups excluding carboxylic acids is 3. The molecule has 0 amide bonds. The fraction of sp³-hybridized carbons (Fsp3) is 0.515. The number of hydrogen-bond acceptors (Lipinski definition) is 11. The molecule has 3 aliphatic rings. The molecule has 250 valence electrons. The smallest absolute Gasteiger partial charge is 0.202 e. The van der Waals surface area contributed by atoms with Crippen molar-refractivity contribution >= 4 is 35.6 Å². The molecule has 1 heterocycles. The van der Waals surface area contributed by atoms with Crippen molar-refractivity contribution in [3.05, 3.63) is 51.6 Å². The van der Waals surface area contributed by atoms with Gasteiger partial charge in [0, 0.05) is 49.0 Å². The molecule has 0 radical (unpaired) electrons. The van der Waals surface area contributed by atoms with Gasteiger partial charge in [-0.05, 0) is 40.7 Å². The SMILES string of the molecule is CCN(CC)C(C)=N[C@@H]1CC(O[C@H]2CC(O)(C(C)=O)Cc3c(O)c4c(c(O)c32)C(=O)c2c(OC)cccc2C4=O)OC(C)C1O.Cl. The van der Waals surface area contributed by atoms with Crippen molar-refractivity contribution in [2.75, 3.05) is 20.2 Å². The number of benzene rings is 2. The highest BCUT2D eigenvalue weighted by Gasteiger charge is 2.49. The second kappa shape index (κ2) is 13.3. The molecule has 4 unspecified atom stereocenters. The van der Waals surface area contributed by atoms with Crippen LogP contribution in [0, 0.1) is 0 Å². The second-order valence-electron chi connectivity index (χ2n) is 11.9. The molecular weight excluding hydrogens is 620 g/mol. The molecule has 1 fully saturated rings. The van der Waals surface area contributed by atoms with Gasteiger partial charge in [0.1, 0.15) is 29.0 Å². The van der Waals surface area contributed by atoms with E-state index in [-0.39, 0.29) is 53.3 Å². The second-order valence-corrected chi connectivity index (χ2v) is 11.9. The summed E-state index contributed by atoms with van der Waals surface area (Å²) >= 11 is 0. The number of halogens is 1. The number of carbonyl (C=O) groups is 3. The number of ketones is 3. The zero-order valence-corrected chi connectivity index (χ0v) is 27.5. The molecule has 1 aliphatic heterocycles. The van der Waals surface area contributed by atoms with Crippen molar-refractivity contribution in [1.82, 2.24) is 4.90 Å². The topological polar surface area (TPSA) is 175 Å². The van der Waals surface area contributed by atoms with E-state index in [1.54, 1.807) is 6.92 Å². The Balaban J connectivity index is 0.00000480. The Morgan fingerprint density at radius 3 is 2.35 bits per heavy atom.